The molecule has 1 fully saturated rings. The molecule has 1 rings (SSSR count). The second kappa shape index (κ2) is 3.19. The molecular weight excluding hydrogens is 225 g/mol. The molecule has 0 amide bonds. The van der Waals surface area contributed by atoms with Gasteiger partial charge in [0.25, 0.3) is 0 Å². The van der Waals surface area contributed by atoms with Crippen molar-refractivity contribution >= 4 is 22.6 Å². The third kappa shape index (κ3) is 2.08. The lowest BCUT2D eigenvalue weighted by Crippen LogP contribution is -2.36. The molecule has 1 aliphatic rings. The lowest BCUT2D eigenvalue weighted by molar-refractivity contribution is 0.233. The molecule has 2 unspecified atom stereocenters. The highest BCUT2D eigenvalue weighted by Crippen LogP contribution is 2.22. The van der Waals surface area contributed by atoms with Crippen LogP contribution in [0.2, 0.25) is 0 Å². The van der Waals surface area contributed by atoms with Crippen LogP contribution < -0.4 is 0 Å². The van der Waals surface area contributed by atoms with Gasteiger partial charge in [-0.25, -0.2) is 0 Å². The number of halogens is 1. The fourth-order valence-electron chi connectivity index (χ4n) is 1.33. The van der Waals surface area contributed by atoms with Crippen molar-refractivity contribution in [1.82, 2.24) is 4.90 Å². The van der Waals surface area contributed by atoms with Crippen LogP contribution in [0.4, 0.5) is 0 Å². The molecule has 2 heteroatoms. The van der Waals surface area contributed by atoms with E-state index in [1.165, 1.54) is 19.5 Å². The fraction of sp³-hybridized carbons (Fsp3) is 1.00. The lowest BCUT2D eigenvalue weighted by atomic mass is 10.0. The summed E-state index contributed by atoms with van der Waals surface area (Å²) in [6.07, 6.45) is 1.37. The highest BCUT2D eigenvalue weighted by molar-refractivity contribution is 14.1. The zero-order chi connectivity index (χ0) is 6.85. The van der Waals surface area contributed by atoms with Crippen molar-refractivity contribution in [2.45, 2.75) is 17.3 Å². The van der Waals surface area contributed by atoms with Gasteiger partial charge < -0.3 is 4.90 Å². The highest BCUT2D eigenvalue weighted by Gasteiger charge is 2.20. The zero-order valence-electron chi connectivity index (χ0n) is 6.10. The van der Waals surface area contributed by atoms with Crippen molar-refractivity contribution < 1.29 is 0 Å². The van der Waals surface area contributed by atoms with Gasteiger partial charge in [-0.3, -0.25) is 0 Å². The van der Waals surface area contributed by atoms with Gasteiger partial charge in [-0.05, 0) is 25.9 Å². The maximum atomic E-state index is 2.57. The van der Waals surface area contributed by atoms with Gasteiger partial charge >= 0.3 is 0 Å². The predicted octanol–water partition coefficient (Wildman–Crippen LogP) is 1.76. The molecule has 0 aromatic heterocycles. The molecule has 0 aromatic rings. The molecule has 2 atom stereocenters. The minimum absolute atomic E-state index is 0.893. The minimum atomic E-state index is 0.893. The van der Waals surface area contributed by atoms with Crippen LogP contribution in [0.3, 0.4) is 0 Å². The Bertz CT molecular complexity index is 94.9. The standard InChI is InChI=1S/C7H14IN/c1-6-5-9(2)4-3-7(6)8/h6-7H,3-5H2,1-2H3. The number of hydrogen-bond donors (Lipinski definition) is 0. The number of nitrogens with zero attached hydrogens (tertiary/aromatic N) is 1. The Hall–Kier alpha value is 0.690. The van der Waals surface area contributed by atoms with Crippen LogP contribution in [0.5, 0.6) is 0 Å². The SMILES string of the molecule is CC1CN(C)CCC1I. The molecule has 9 heavy (non-hydrogen) atoms. The Morgan fingerprint density at radius 1 is 1.56 bits per heavy atom. The average molecular weight is 239 g/mol. The first-order chi connectivity index (χ1) is 4.20. The van der Waals surface area contributed by atoms with E-state index in [1.807, 2.05) is 0 Å². The summed E-state index contributed by atoms with van der Waals surface area (Å²) in [5.41, 5.74) is 0. The molecule has 1 heterocycles. The van der Waals surface area contributed by atoms with E-state index in [2.05, 4.69) is 41.5 Å². The topological polar surface area (TPSA) is 3.24 Å². The van der Waals surface area contributed by atoms with Crippen LogP contribution in [0, 0.1) is 5.92 Å². The molecule has 1 saturated heterocycles. The first-order valence-electron chi connectivity index (χ1n) is 3.53. The van der Waals surface area contributed by atoms with Crippen LogP contribution in [0.25, 0.3) is 0 Å². The van der Waals surface area contributed by atoms with Gasteiger partial charge in [-0.2, -0.15) is 0 Å². The molecule has 0 bridgehead atoms. The number of alkyl halides is 1. The second-order valence-corrected chi connectivity index (χ2v) is 4.64. The molecule has 0 aliphatic carbocycles. The average Bonchev–Trinajstić information content (AvgIpc) is 1.80. The van der Waals surface area contributed by atoms with Crippen molar-refractivity contribution in [3.63, 3.8) is 0 Å². The highest BCUT2D eigenvalue weighted by atomic mass is 127. The van der Waals surface area contributed by atoms with E-state index in [9.17, 15) is 0 Å². The lowest BCUT2D eigenvalue weighted by Gasteiger charge is -2.31. The third-order valence-corrected chi connectivity index (χ3v) is 3.85. The van der Waals surface area contributed by atoms with Crippen molar-refractivity contribution in [3.8, 4) is 0 Å². The van der Waals surface area contributed by atoms with Crippen LogP contribution in [0.15, 0.2) is 0 Å². The Balaban J connectivity index is 2.35. The summed E-state index contributed by atoms with van der Waals surface area (Å²) in [6, 6.07) is 0. The van der Waals surface area contributed by atoms with Gasteiger partial charge in [0.1, 0.15) is 0 Å². The molecule has 0 saturated carbocycles. The molecule has 0 aromatic carbocycles. The smallest absolute Gasteiger partial charge is 0.0160 e. The van der Waals surface area contributed by atoms with Gasteiger partial charge in [0.15, 0.2) is 0 Å². The molecule has 0 radical (unpaired) electrons. The van der Waals surface area contributed by atoms with E-state index in [0.717, 1.165) is 9.84 Å². The molecule has 1 nitrogen and oxygen atoms in total. The number of hydrogen-bond acceptors (Lipinski definition) is 1. The molecule has 0 spiro atoms. The Morgan fingerprint density at radius 2 is 2.22 bits per heavy atom. The predicted molar refractivity (Wildman–Crippen MR) is 49.1 cm³/mol. The molecule has 54 valence electrons. The van der Waals surface area contributed by atoms with Gasteiger partial charge in [-0.15, -0.1) is 0 Å². The first-order valence-corrected chi connectivity index (χ1v) is 4.77. The Labute approximate surface area is 70.9 Å². The van der Waals surface area contributed by atoms with Crippen LogP contribution in [-0.2, 0) is 0 Å². The summed E-state index contributed by atoms with van der Waals surface area (Å²) in [7, 11) is 2.21. The second-order valence-electron chi connectivity index (χ2n) is 3.04. The molecule has 1 aliphatic heterocycles. The molecular formula is C7H14IN. The summed E-state index contributed by atoms with van der Waals surface area (Å²) < 4.78 is 0.916. The number of likely N-dealkylation sites (tertiary alicyclic amines) is 1. The normalized spacial score (nSPS) is 39.0. The third-order valence-electron chi connectivity index (χ3n) is 2.00. The summed E-state index contributed by atoms with van der Waals surface area (Å²) >= 11 is 2.57. The molecule has 0 N–H and O–H groups in total. The van der Waals surface area contributed by atoms with Crippen molar-refractivity contribution in [2.24, 2.45) is 5.92 Å². The van der Waals surface area contributed by atoms with Gasteiger partial charge in [0.2, 0.25) is 0 Å². The monoisotopic (exact) mass is 239 g/mol. The van der Waals surface area contributed by atoms with Crippen LogP contribution in [0.1, 0.15) is 13.3 Å². The minimum Gasteiger partial charge on any atom is -0.306 e. The fourth-order valence-corrected chi connectivity index (χ4v) is 1.83. The van der Waals surface area contributed by atoms with Gasteiger partial charge in [0, 0.05) is 10.5 Å². The first kappa shape index (κ1) is 7.79. The van der Waals surface area contributed by atoms with Crippen LogP contribution in [-0.4, -0.2) is 29.0 Å². The Morgan fingerprint density at radius 3 is 2.67 bits per heavy atom. The quantitative estimate of drug-likeness (QED) is 0.460. The van der Waals surface area contributed by atoms with E-state index < -0.39 is 0 Å². The maximum absolute atomic E-state index is 2.57. The van der Waals surface area contributed by atoms with E-state index in [4.69, 9.17) is 0 Å². The summed E-state index contributed by atoms with van der Waals surface area (Å²) in [5, 5.41) is 0. The Kier molecular flexibility index (Phi) is 2.76. The van der Waals surface area contributed by atoms with Crippen molar-refractivity contribution in [2.75, 3.05) is 20.1 Å². The van der Waals surface area contributed by atoms with Gasteiger partial charge in [-0.1, -0.05) is 29.5 Å². The number of rotatable bonds is 0. The maximum Gasteiger partial charge on any atom is 0.0160 e. The van der Waals surface area contributed by atoms with Gasteiger partial charge in [0.05, 0.1) is 0 Å². The largest absolute Gasteiger partial charge is 0.306 e. The van der Waals surface area contributed by atoms with Crippen LogP contribution >= 0.6 is 22.6 Å². The zero-order valence-corrected chi connectivity index (χ0v) is 8.26. The summed E-state index contributed by atoms with van der Waals surface area (Å²) in [5.74, 6) is 0.893. The van der Waals surface area contributed by atoms with Crippen molar-refractivity contribution in [1.29, 1.82) is 0 Å². The number of piperidine rings is 1. The summed E-state index contributed by atoms with van der Waals surface area (Å²) in [6.45, 7) is 4.92. The van der Waals surface area contributed by atoms with E-state index in [0.29, 0.717) is 0 Å². The van der Waals surface area contributed by atoms with E-state index in [-0.39, 0.29) is 0 Å². The van der Waals surface area contributed by atoms with E-state index >= 15 is 0 Å². The summed E-state index contributed by atoms with van der Waals surface area (Å²) in [4.78, 5) is 2.42. The van der Waals surface area contributed by atoms with Crippen molar-refractivity contribution in [3.05, 3.63) is 0 Å². The van der Waals surface area contributed by atoms with E-state index in [1.54, 1.807) is 0 Å².